The highest BCUT2D eigenvalue weighted by Gasteiger charge is 2.23. The van der Waals surface area contributed by atoms with Crippen molar-refractivity contribution in [1.82, 2.24) is 15.0 Å². The topological polar surface area (TPSA) is 105 Å². The molecule has 0 aliphatic rings. The van der Waals surface area contributed by atoms with Gasteiger partial charge in [-0.15, -0.1) is 0 Å². The second-order valence-corrected chi connectivity index (χ2v) is 7.76. The van der Waals surface area contributed by atoms with E-state index in [-0.39, 0.29) is 12.2 Å². The molecular formula is C17H16F2N4O3S. The standard InChI is InChI=1S/C17H16F2N4O3S/c1-2-5-27(25,26)23-12-4-3-11(18)15(16(12)19)14(24)7-10-6-13-17(20-8-10)22-9-21-13/h3-4,6,8-9,23H,2,5,7H2,1H3,(H,20,21,22). The molecule has 3 rings (SSSR count). The van der Waals surface area contributed by atoms with Crippen LogP contribution < -0.4 is 4.72 Å². The number of carbonyl (C=O) groups excluding carboxylic acids is 1. The highest BCUT2D eigenvalue weighted by molar-refractivity contribution is 7.92. The Labute approximate surface area is 153 Å². The molecule has 0 aliphatic heterocycles. The molecule has 1 aromatic carbocycles. The number of halogens is 2. The van der Waals surface area contributed by atoms with Crippen LogP contribution in [0, 0.1) is 11.6 Å². The highest BCUT2D eigenvalue weighted by atomic mass is 32.2. The maximum atomic E-state index is 14.6. The average Bonchev–Trinajstić information content (AvgIpc) is 3.05. The summed E-state index contributed by atoms with van der Waals surface area (Å²) < 4.78 is 54.5. The van der Waals surface area contributed by atoms with Gasteiger partial charge in [-0.3, -0.25) is 9.52 Å². The smallest absolute Gasteiger partial charge is 0.232 e. The second kappa shape index (κ2) is 7.39. The third-order valence-electron chi connectivity index (χ3n) is 3.80. The van der Waals surface area contributed by atoms with E-state index < -0.39 is 38.7 Å². The molecule has 3 aromatic rings. The number of nitrogens with zero attached hydrogens (tertiary/aromatic N) is 2. The zero-order valence-corrected chi connectivity index (χ0v) is 15.1. The minimum Gasteiger partial charge on any atom is -0.343 e. The van der Waals surface area contributed by atoms with Crippen LogP contribution in [0.15, 0.2) is 30.7 Å². The van der Waals surface area contributed by atoms with Crippen molar-refractivity contribution in [3.8, 4) is 0 Å². The lowest BCUT2D eigenvalue weighted by atomic mass is 10.0. The first kappa shape index (κ1) is 18.9. The number of pyridine rings is 1. The number of rotatable bonds is 7. The lowest BCUT2D eigenvalue weighted by molar-refractivity contribution is 0.0985. The van der Waals surface area contributed by atoms with Gasteiger partial charge in [0.2, 0.25) is 10.0 Å². The number of hydrogen-bond donors (Lipinski definition) is 2. The Morgan fingerprint density at radius 3 is 2.78 bits per heavy atom. The van der Waals surface area contributed by atoms with E-state index in [1.807, 2.05) is 4.72 Å². The predicted molar refractivity (Wildman–Crippen MR) is 96.0 cm³/mol. The Hall–Kier alpha value is -2.88. The molecule has 0 unspecified atom stereocenters. The van der Waals surface area contributed by atoms with Crippen molar-refractivity contribution in [2.45, 2.75) is 19.8 Å². The Balaban J connectivity index is 1.90. The molecule has 0 aliphatic carbocycles. The van der Waals surface area contributed by atoms with Crippen molar-refractivity contribution in [2.24, 2.45) is 0 Å². The van der Waals surface area contributed by atoms with Crippen LogP contribution in [0.5, 0.6) is 0 Å². The van der Waals surface area contributed by atoms with Crippen molar-refractivity contribution < 1.29 is 22.0 Å². The molecule has 2 N–H and O–H groups in total. The van der Waals surface area contributed by atoms with E-state index in [0.717, 1.165) is 12.1 Å². The monoisotopic (exact) mass is 394 g/mol. The van der Waals surface area contributed by atoms with Crippen LogP contribution in [0.25, 0.3) is 11.2 Å². The Kier molecular flexibility index (Phi) is 5.17. The van der Waals surface area contributed by atoms with Gasteiger partial charge in [0.05, 0.1) is 28.8 Å². The van der Waals surface area contributed by atoms with Crippen molar-refractivity contribution in [3.63, 3.8) is 0 Å². The maximum Gasteiger partial charge on any atom is 0.232 e. The molecule has 0 radical (unpaired) electrons. The number of carbonyl (C=O) groups is 1. The van der Waals surface area contributed by atoms with Crippen molar-refractivity contribution in [3.05, 3.63) is 53.5 Å². The number of benzene rings is 1. The summed E-state index contributed by atoms with van der Waals surface area (Å²) in [5.74, 6) is -3.35. The quantitative estimate of drug-likeness (QED) is 0.600. The Bertz CT molecular complexity index is 1110. The number of hydrogen-bond acceptors (Lipinski definition) is 5. The van der Waals surface area contributed by atoms with Crippen LogP contribution in [0.1, 0.15) is 29.3 Å². The molecule has 0 fully saturated rings. The molecule has 0 atom stereocenters. The van der Waals surface area contributed by atoms with Crippen LogP contribution in [0.2, 0.25) is 0 Å². The molecule has 0 amide bonds. The van der Waals surface area contributed by atoms with Gasteiger partial charge in [-0.25, -0.2) is 27.2 Å². The third-order valence-corrected chi connectivity index (χ3v) is 5.28. The van der Waals surface area contributed by atoms with Gasteiger partial charge in [-0.05, 0) is 30.2 Å². The van der Waals surface area contributed by atoms with Gasteiger partial charge in [0, 0.05) is 12.6 Å². The summed E-state index contributed by atoms with van der Waals surface area (Å²) in [6, 6.07) is 3.42. The SMILES string of the molecule is CCCS(=O)(=O)Nc1ccc(F)c(C(=O)Cc2cnc3nc[nH]c3c2)c1F. The number of ketones is 1. The first-order valence-electron chi connectivity index (χ1n) is 8.10. The van der Waals surface area contributed by atoms with E-state index in [2.05, 4.69) is 15.0 Å². The fourth-order valence-corrected chi connectivity index (χ4v) is 3.75. The fourth-order valence-electron chi connectivity index (χ4n) is 2.62. The molecule has 0 saturated carbocycles. The molecule has 7 nitrogen and oxygen atoms in total. The van der Waals surface area contributed by atoms with Crippen LogP contribution in [-0.4, -0.2) is 34.9 Å². The van der Waals surface area contributed by atoms with Crippen molar-refractivity contribution >= 4 is 32.7 Å². The summed E-state index contributed by atoms with van der Waals surface area (Å²) in [7, 11) is -3.78. The zero-order valence-electron chi connectivity index (χ0n) is 14.3. The normalized spacial score (nSPS) is 11.7. The first-order valence-corrected chi connectivity index (χ1v) is 9.75. The molecule has 10 heteroatoms. The van der Waals surface area contributed by atoms with E-state index in [9.17, 15) is 22.0 Å². The summed E-state index contributed by atoms with van der Waals surface area (Å²) in [5.41, 5.74) is 0.220. The number of anilines is 1. The Morgan fingerprint density at radius 1 is 1.26 bits per heavy atom. The molecule has 27 heavy (non-hydrogen) atoms. The number of sulfonamides is 1. The summed E-state index contributed by atoms with van der Waals surface area (Å²) in [6.07, 6.45) is 2.85. The number of Topliss-reactive ketones (excluding diaryl/α,β-unsaturated/α-hetero) is 1. The fraction of sp³-hybridized carbons (Fsp3) is 0.235. The van der Waals surface area contributed by atoms with E-state index in [1.54, 1.807) is 13.0 Å². The van der Waals surface area contributed by atoms with Gasteiger partial charge in [0.15, 0.2) is 17.2 Å². The first-order chi connectivity index (χ1) is 12.8. The number of fused-ring (bicyclic) bond motifs is 1. The van der Waals surface area contributed by atoms with Gasteiger partial charge in [0.25, 0.3) is 0 Å². The molecular weight excluding hydrogens is 378 g/mol. The van der Waals surface area contributed by atoms with Gasteiger partial charge in [0.1, 0.15) is 5.82 Å². The predicted octanol–water partition coefficient (Wildman–Crippen LogP) is 2.81. The Morgan fingerprint density at radius 2 is 2.04 bits per heavy atom. The van der Waals surface area contributed by atoms with Crippen molar-refractivity contribution in [2.75, 3.05) is 10.5 Å². The van der Waals surface area contributed by atoms with E-state index >= 15 is 0 Å². The molecule has 0 bridgehead atoms. The van der Waals surface area contributed by atoms with Crippen molar-refractivity contribution in [1.29, 1.82) is 0 Å². The molecule has 2 heterocycles. The van der Waals surface area contributed by atoms with Crippen LogP contribution >= 0.6 is 0 Å². The minimum absolute atomic E-state index is 0.219. The highest BCUT2D eigenvalue weighted by Crippen LogP contribution is 2.24. The van der Waals surface area contributed by atoms with Gasteiger partial charge in [-0.1, -0.05) is 6.92 Å². The minimum atomic E-state index is -3.78. The third kappa shape index (κ3) is 4.11. The molecule has 0 spiro atoms. The van der Waals surface area contributed by atoms with E-state index in [4.69, 9.17) is 0 Å². The molecule has 0 saturated heterocycles. The number of aromatic nitrogens is 3. The summed E-state index contributed by atoms with van der Waals surface area (Å²) in [4.78, 5) is 23.3. The second-order valence-electron chi connectivity index (χ2n) is 5.92. The summed E-state index contributed by atoms with van der Waals surface area (Å²) in [6.45, 7) is 1.65. The van der Waals surface area contributed by atoms with E-state index in [0.29, 0.717) is 23.1 Å². The van der Waals surface area contributed by atoms with Crippen LogP contribution in [0.4, 0.5) is 14.5 Å². The average molecular weight is 394 g/mol. The number of imidazole rings is 1. The summed E-state index contributed by atoms with van der Waals surface area (Å²) >= 11 is 0. The lowest BCUT2D eigenvalue weighted by Crippen LogP contribution is -2.19. The zero-order chi connectivity index (χ0) is 19.6. The van der Waals surface area contributed by atoms with Gasteiger partial charge < -0.3 is 4.98 Å². The molecule has 2 aromatic heterocycles. The van der Waals surface area contributed by atoms with Gasteiger partial charge >= 0.3 is 0 Å². The number of aromatic amines is 1. The van der Waals surface area contributed by atoms with Gasteiger partial charge in [-0.2, -0.15) is 0 Å². The van der Waals surface area contributed by atoms with Crippen LogP contribution in [-0.2, 0) is 16.4 Å². The molecule has 142 valence electrons. The van der Waals surface area contributed by atoms with E-state index in [1.165, 1.54) is 12.5 Å². The summed E-state index contributed by atoms with van der Waals surface area (Å²) in [5, 5.41) is 0. The lowest BCUT2D eigenvalue weighted by Gasteiger charge is -2.11. The van der Waals surface area contributed by atoms with Crippen LogP contribution in [0.3, 0.4) is 0 Å². The largest absolute Gasteiger partial charge is 0.343 e. The number of nitrogens with one attached hydrogen (secondary N) is 2. The maximum absolute atomic E-state index is 14.6. The number of H-pyrrole nitrogens is 1.